The molecule has 0 radical (unpaired) electrons. The van der Waals surface area contributed by atoms with Crippen molar-refractivity contribution in [2.75, 3.05) is 18.0 Å². The maximum atomic E-state index is 5.87. The number of para-hydroxylation sites is 2. The quantitative estimate of drug-likeness (QED) is 0.830. The minimum absolute atomic E-state index is 0.255. The summed E-state index contributed by atoms with van der Waals surface area (Å²) in [5.41, 5.74) is 2.61. The SMILES string of the molecule is CC1CN(CCc2ccccc2)c2ccccc2O1. The topological polar surface area (TPSA) is 12.5 Å². The third-order valence-corrected chi connectivity index (χ3v) is 3.52. The van der Waals surface area contributed by atoms with Crippen LogP contribution in [0.25, 0.3) is 0 Å². The average Bonchev–Trinajstić information content (AvgIpc) is 2.45. The Morgan fingerprint density at radius 2 is 1.79 bits per heavy atom. The van der Waals surface area contributed by atoms with Gasteiger partial charge in [-0.1, -0.05) is 42.5 Å². The second kappa shape index (κ2) is 5.35. The maximum absolute atomic E-state index is 5.87. The van der Waals surface area contributed by atoms with Gasteiger partial charge in [0.2, 0.25) is 0 Å². The molecule has 2 aromatic carbocycles. The molecule has 0 bridgehead atoms. The number of rotatable bonds is 3. The van der Waals surface area contributed by atoms with Crippen molar-refractivity contribution in [1.82, 2.24) is 0 Å². The van der Waals surface area contributed by atoms with Crippen LogP contribution < -0.4 is 9.64 Å². The van der Waals surface area contributed by atoms with Crippen molar-refractivity contribution in [3.8, 4) is 5.75 Å². The molecule has 1 atom stereocenters. The predicted molar refractivity (Wildman–Crippen MR) is 78.9 cm³/mol. The Labute approximate surface area is 114 Å². The van der Waals surface area contributed by atoms with Gasteiger partial charge in [-0.2, -0.15) is 0 Å². The van der Waals surface area contributed by atoms with Crippen molar-refractivity contribution in [3.63, 3.8) is 0 Å². The van der Waals surface area contributed by atoms with E-state index < -0.39 is 0 Å². The molecule has 0 aromatic heterocycles. The van der Waals surface area contributed by atoms with Crippen molar-refractivity contribution in [2.45, 2.75) is 19.4 Å². The van der Waals surface area contributed by atoms with E-state index in [9.17, 15) is 0 Å². The van der Waals surface area contributed by atoms with Crippen molar-refractivity contribution in [3.05, 3.63) is 60.2 Å². The van der Waals surface area contributed by atoms with Crippen LogP contribution in [-0.2, 0) is 6.42 Å². The van der Waals surface area contributed by atoms with Gasteiger partial charge in [0.1, 0.15) is 11.9 Å². The van der Waals surface area contributed by atoms with Crippen LogP contribution in [0.1, 0.15) is 12.5 Å². The zero-order valence-electron chi connectivity index (χ0n) is 11.3. The fourth-order valence-corrected chi connectivity index (χ4v) is 2.60. The second-order valence-electron chi connectivity index (χ2n) is 5.08. The molecule has 0 aliphatic carbocycles. The van der Waals surface area contributed by atoms with E-state index in [-0.39, 0.29) is 6.10 Å². The largest absolute Gasteiger partial charge is 0.487 e. The van der Waals surface area contributed by atoms with Crippen LogP contribution in [0, 0.1) is 0 Å². The molecule has 0 fully saturated rings. The van der Waals surface area contributed by atoms with E-state index in [4.69, 9.17) is 4.74 Å². The number of ether oxygens (including phenoxy) is 1. The Morgan fingerprint density at radius 3 is 2.63 bits per heavy atom. The van der Waals surface area contributed by atoms with Gasteiger partial charge in [-0.25, -0.2) is 0 Å². The van der Waals surface area contributed by atoms with Crippen LogP contribution in [0.3, 0.4) is 0 Å². The van der Waals surface area contributed by atoms with Crippen molar-refractivity contribution < 1.29 is 4.74 Å². The highest BCUT2D eigenvalue weighted by Crippen LogP contribution is 2.32. The summed E-state index contributed by atoms with van der Waals surface area (Å²) in [6.07, 6.45) is 1.33. The standard InChI is InChI=1S/C17H19NO/c1-14-13-18(12-11-15-7-3-2-4-8-15)16-9-5-6-10-17(16)19-14/h2-10,14H,11-13H2,1H3. The molecule has 0 amide bonds. The fourth-order valence-electron chi connectivity index (χ4n) is 2.60. The first kappa shape index (κ1) is 12.1. The smallest absolute Gasteiger partial charge is 0.143 e. The number of anilines is 1. The van der Waals surface area contributed by atoms with Gasteiger partial charge in [-0.15, -0.1) is 0 Å². The molecule has 2 aromatic rings. The Hall–Kier alpha value is -1.96. The summed E-state index contributed by atoms with van der Waals surface area (Å²) in [5, 5.41) is 0. The van der Waals surface area contributed by atoms with E-state index in [1.54, 1.807) is 0 Å². The first-order valence-electron chi connectivity index (χ1n) is 6.87. The highest BCUT2D eigenvalue weighted by atomic mass is 16.5. The molecule has 0 saturated heterocycles. The summed E-state index contributed by atoms with van der Waals surface area (Å²) in [7, 11) is 0. The molecule has 3 rings (SSSR count). The lowest BCUT2D eigenvalue weighted by atomic mass is 10.1. The molecule has 1 unspecified atom stereocenters. The highest BCUT2D eigenvalue weighted by molar-refractivity contribution is 5.60. The van der Waals surface area contributed by atoms with E-state index in [0.717, 1.165) is 25.3 Å². The van der Waals surface area contributed by atoms with Gasteiger partial charge in [0, 0.05) is 6.54 Å². The minimum atomic E-state index is 0.255. The van der Waals surface area contributed by atoms with Crippen LogP contribution >= 0.6 is 0 Å². The van der Waals surface area contributed by atoms with E-state index in [1.165, 1.54) is 11.3 Å². The van der Waals surface area contributed by atoms with Gasteiger partial charge < -0.3 is 9.64 Å². The lowest BCUT2D eigenvalue weighted by Crippen LogP contribution is -2.39. The van der Waals surface area contributed by atoms with Crippen molar-refractivity contribution >= 4 is 5.69 Å². The van der Waals surface area contributed by atoms with E-state index in [1.807, 2.05) is 6.07 Å². The van der Waals surface area contributed by atoms with Gasteiger partial charge in [0.25, 0.3) is 0 Å². The van der Waals surface area contributed by atoms with Crippen LogP contribution in [0.15, 0.2) is 54.6 Å². The molecule has 1 heterocycles. The summed E-state index contributed by atoms with van der Waals surface area (Å²) >= 11 is 0. The summed E-state index contributed by atoms with van der Waals surface area (Å²) in [6, 6.07) is 19.0. The Bertz CT molecular complexity index is 538. The van der Waals surface area contributed by atoms with Crippen molar-refractivity contribution in [1.29, 1.82) is 0 Å². The predicted octanol–water partition coefficient (Wildman–Crippen LogP) is 3.52. The van der Waals surface area contributed by atoms with E-state index in [2.05, 4.69) is 60.4 Å². The van der Waals surface area contributed by atoms with Gasteiger partial charge in [-0.3, -0.25) is 0 Å². The lowest BCUT2D eigenvalue weighted by Gasteiger charge is -2.35. The Morgan fingerprint density at radius 1 is 1.05 bits per heavy atom. The van der Waals surface area contributed by atoms with Gasteiger partial charge in [-0.05, 0) is 31.0 Å². The third kappa shape index (κ3) is 2.73. The molecule has 98 valence electrons. The first-order chi connectivity index (χ1) is 9.33. The summed E-state index contributed by atoms with van der Waals surface area (Å²) in [5.74, 6) is 1.01. The van der Waals surface area contributed by atoms with Gasteiger partial charge >= 0.3 is 0 Å². The molecule has 19 heavy (non-hydrogen) atoms. The van der Waals surface area contributed by atoms with Crippen LogP contribution in [0.4, 0.5) is 5.69 Å². The fraction of sp³-hybridized carbons (Fsp3) is 0.294. The summed E-state index contributed by atoms with van der Waals surface area (Å²) < 4.78 is 5.87. The van der Waals surface area contributed by atoms with E-state index >= 15 is 0 Å². The zero-order valence-corrected chi connectivity index (χ0v) is 11.3. The molecule has 1 aliphatic rings. The molecule has 2 nitrogen and oxygen atoms in total. The Kier molecular flexibility index (Phi) is 3.41. The summed E-state index contributed by atoms with van der Waals surface area (Å²) in [6.45, 7) is 4.13. The van der Waals surface area contributed by atoms with Crippen LogP contribution in [0.5, 0.6) is 5.75 Å². The molecule has 0 N–H and O–H groups in total. The molecular weight excluding hydrogens is 234 g/mol. The monoisotopic (exact) mass is 253 g/mol. The Balaban J connectivity index is 1.74. The third-order valence-electron chi connectivity index (χ3n) is 3.52. The number of nitrogens with zero attached hydrogens (tertiary/aromatic N) is 1. The minimum Gasteiger partial charge on any atom is -0.487 e. The normalized spacial score (nSPS) is 17.7. The number of hydrogen-bond donors (Lipinski definition) is 0. The van der Waals surface area contributed by atoms with Crippen LogP contribution in [0.2, 0.25) is 0 Å². The lowest BCUT2D eigenvalue weighted by molar-refractivity contribution is 0.212. The first-order valence-corrected chi connectivity index (χ1v) is 6.87. The molecule has 0 spiro atoms. The molecule has 0 saturated carbocycles. The number of hydrogen-bond acceptors (Lipinski definition) is 2. The second-order valence-corrected chi connectivity index (χ2v) is 5.08. The molecule has 2 heteroatoms. The summed E-state index contributed by atoms with van der Waals surface area (Å²) in [4.78, 5) is 2.43. The number of benzene rings is 2. The van der Waals surface area contributed by atoms with E-state index in [0.29, 0.717) is 0 Å². The number of fused-ring (bicyclic) bond motifs is 1. The van der Waals surface area contributed by atoms with Gasteiger partial charge in [0.15, 0.2) is 0 Å². The zero-order chi connectivity index (χ0) is 13.1. The van der Waals surface area contributed by atoms with Crippen molar-refractivity contribution in [2.24, 2.45) is 0 Å². The maximum Gasteiger partial charge on any atom is 0.143 e. The highest BCUT2D eigenvalue weighted by Gasteiger charge is 2.21. The van der Waals surface area contributed by atoms with Crippen LogP contribution in [-0.4, -0.2) is 19.2 Å². The molecule has 1 aliphatic heterocycles. The average molecular weight is 253 g/mol. The van der Waals surface area contributed by atoms with Gasteiger partial charge in [0.05, 0.1) is 12.2 Å². The molecular formula is C17H19NO.